The van der Waals surface area contributed by atoms with Crippen LogP contribution in [0.25, 0.3) is 43.8 Å². The highest BCUT2D eigenvalue weighted by Gasteiger charge is 2.10. The summed E-state index contributed by atoms with van der Waals surface area (Å²) in [6, 6.07) is 23.2. The SMILES string of the molecule is Cc1cc(C)c(-c2ccc3c(C)c4ccc(-c5c(C)cc(C)cc5C)c[c-]4c3c2)c(C)c1. The summed E-state index contributed by atoms with van der Waals surface area (Å²) in [5.74, 6) is 0. The first-order valence-corrected chi connectivity index (χ1v) is 11.5. The third-order valence-electron chi connectivity index (χ3n) is 7.07. The Morgan fingerprint density at radius 3 is 1.56 bits per heavy atom. The van der Waals surface area contributed by atoms with Crippen LogP contribution in [0.15, 0.2) is 60.7 Å². The summed E-state index contributed by atoms with van der Waals surface area (Å²) in [6.45, 7) is 15.5. The molecule has 0 N–H and O–H groups in total. The first kappa shape index (κ1) is 20.6. The summed E-state index contributed by atoms with van der Waals surface area (Å²) in [7, 11) is 0. The second-order valence-electron chi connectivity index (χ2n) is 9.69. The molecular formula is C32H31-. The van der Waals surface area contributed by atoms with E-state index >= 15 is 0 Å². The van der Waals surface area contributed by atoms with Gasteiger partial charge in [0, 0.05) is 0 Å². The van der Waals surface area contributed by atoms with Gasteiger partial charge in [-0.2, -0.15) is 0 Å². The van der Waals surface area contributed by atoms with Gasteiger partial charge in [0.1, 0.15) is 0 Å². The van der Waals surface area contributed by atoms with Gasteiger partial charge in [-0.25, -0.2) is 0 Å². The molecule has 160 valence electrons. The van der Waals surface area contributed by atoms with Crippen molar-refractivity contribution in [3.8, 4) is 22.3 Å². The molecule has 32 heavy (non-hydrogen) atoms. The molecule has 0 heteroatoms. The lowest BCUT2D eigenvalue weighted by Gasteiger charge is -2.16. The number of hydrogen-bond acceptors (Lipinski definition) is 0. The number of hydrogen-bond donors (Lipinski definition) is 0. The zero-order valence-electron chi connectivity index (χ0n) is 20.3. The second kappa shape index (κ2) is 7.41. The lowest BCUT2D eigenvalue weighted by molar-refractivity contribution is 1.32. The van der Waals surface area contributed by atoms with Crippen molar-refractivity contribution in [2.24, 2.45) is 0 Å². The average molecular weight is 416 g/mol. The predicted molar refractivity (Wildman–Crippen MR) is 141 cm³/mol. The molecule has 5 aromatic rings. The molecule has 0 fully saturated rings. The smallest absolute Gasteiger partial charge is 0.0188 e. The number of benzene rings is 4. The van der Waals surface area contributed by atoms with E-state index in [2.05, 4.69) is 109 Å². The topological polar surface area (TPSA) is 0 Å². The lowest BCUT2D eigenvalue weighted by Crippen LogP contribution is -1.90. The summed E-state index contributed by atoms with van der Waals surface area (Å²) in [5, 5.41) is 5.44. The predicted octanol–water partition coefficient (Wildman–Crippen LogP) is 9.20. The molecule has 0 saturated carbocycles. The fourth-order valence-corrected chi connectivity index (χ4v) is 5.92. The van der Waals surface area contributed by atoms with Gasteiger partial charge in [0.2, 0.25) is 0 Å². The third-order valence-corrected chi connectivity index (χ3v) is 7.07. The Bertz CT molecular complexity index is 1360. The van der Waals surface area contributed by atoms with Crippen LogP contribution in [0.4, 0.5) is 0 Å². The third kappa shape index (κ3) is 3.17. The highest BCUT2D eigenvalue weighted by molar-refractivity contribution is 6.16. The van der Waals surface area contributed by atoms with Gasteiger partial charge in [-0.3, -0.25) is 0 Å². The van der Waals surface area contributed by atoms with Crippen molar-refractivity contribution in [3.05, 3.63) is 99.6 Å². The Balaban J connectivity index is 1.78. The Morgan fingerprint density at radius 2 is 1.00 bits per heavy atom. The van der Waals surface area contributed by atoms with Crippen LogP contribution in [0.1, 0.15) is 38.9 Å². The van der Waals surface area contributed by atoms with Crippen LogP contribution >= 0.6 is 0 Å². The summed E-state index contributed by atoms with van der Waals surface area (Å²) in [5.41, 5.74) is 14.8. The number of aryl methyl sites for hydroxylation is 7. The van der Waals surface area contributed by atoms with E-state index in [0.29, 0.717) is 0 Å². The largest absolute Gasteiger partial charge is 0.116 e. The molecule has 0 heterocycles. The first-order chi connectivity index (χ1) is 15.2. The Morgan fingerprint density at radius 1 is 0.500 bits per heavy atom. The van der Waals surface area contributed by atoms with E-state index in [1.54, 1.807) is 0 Å². The van der Waals surface area contributed by atoms with E-state index in [4.69, 9.17) is 0 Å². The van der Waals surface area contributed by atoms with Gasteiger partial charge >= 0.3 is 0 Å². The van der Waals surface area contributed by atoms with Crippen molar-refractivity contribution in [1.82, 2.24) is 0 Å². The summed E-state index contributed by atoms with van der Waals surface area (Å²) in [4.78, 5) is 0. The molecule has 0 aliphatic heterocycles. The number of fused-ring (bicyclic) bond motifs is 3. The molecule has 0 unspecified atom stereocenters. The van der Waals surface area contributed by atoms with Crippen LogP contribution in [-0.2, 0) is 0 Å². The first-order valence-electron chi connectivity index (χ1n) is 11.5. The van der Waals surface area contributed by atoms with E-state index in [9.17, 15) is 0 Å². The van der Waals surface area contributed by atoms with Crippen LogP contribution < -0.4 is 0 Å². The van der Waals surface area contributed by atoms with Crippen LogP contribution in [-0.4, -0.2) is 0 Å². The molecular weight excluding hydrogens is 384 g/mol. The summed E-state index contributed by atoms with van der Waals surface area (Å²) in [6.07, 6.45) is 0. The van der Waals surface area contributed by atoms with Crippen molar-refractivity contribution in [1.29, 1.82) is 0 Å². The van der Waals surface area contributed by atoms with Crippen molar-refractivity contribution in [2.75, 3.05) is 0 Å². The standard InChI is InChI=1S/C32H31/c1-18-12-20(3)31(21(4)13-18)25-8-10-27-24(7)28-11-9-26(17-30(28)29(27)16-25)32-22(5)14-19(2)15-23(32)6/h8-17H,1-7H3/q-1. The highest BCUT2D eigenvalue weighted by atomic mass is 14.2. The van der Waals surface area contributed by atoms with Gasteiger partial charge in [-0.1, -0.05) is 82.2 Å². The Labute approximate surface area is 191 Å². The van der Waals surface area contributed by atoms with Crippen molar-refractivity contribution < 1.29 is 0 Å². The van der Waals surface area contributed by atoms with Gasteiger partial charge in [0.05, 0.1) is 0 Å². The minimum absolute atomic E-state index is 1.31. The van der Waals surface area contributed by atoms with Gasteiger partial charge in [0.25, 0.3) is 0 Å². The molecule has 0 aromatic heterocycles. The molecule has 0 atom stereocenters. The second-order valence-corrected chi connectivity index (χ2v) is 9.69. The van der Waals surface area contributed by atoms with E-state index in [-0.39, 0.29) is 0 Å². The number of rotatable bonds is 2. The monoisotopic (exact) mass is 415 g/mol. The molecule has 0 bridgehead atoms. The van der Waals surface area contributed by atoms with E-state index < -0.39 is 0 Å². The zero-order chi connectivity index (χ0) is 22.7. The summed E-state index contributed by atoms with van der Waals surface area (Å²) >= 11 is 0. The van der Waals surface area contributed by atoms with E-state index in [0.717, 1.165) is 0 Å². The Hall–Kier alpha value is -3.25. The quantitative estimate of drug-likeness (QED) is 0.252. The van der Waals surface area contributed by atoms with Crippen molar-refractivity contribution in [3.63, 3.8) is 0 Å². The van der Waals surface area contributed by atoms with Crippen molar-refractivity contribution >= 4 is 21.5 Å². The van der Waals surface area contributed by atoms with Gasteiger partial charge < -0.3 is 0 Å². The van der Waals surface area contributed by atoms with Crippen molar-refractivity contribution in [2.45, 2.75) is 48.5 Å². The fraction of sp³-hybridized carbons (Fsp3) is 0.219. The van der Waals surface area contributed by atoms with Crippen LogP contribution in [0, 0.1) is 48.5 Å². The van der Waals surface area contributed by atoms with Gasteiger partial charge in [0.15, 0.2) is 0 Å². The minimum Gasteiger partial charge on any atom is -0.116 e. The Kier molecular flexibility index (Phi) is 4.78. The maximum Gasteiger partial charge on any atom is -0.0188 e. The van der Waals surface area contributed by atoms with E-state index in [1.807, 2.05) is 0 Å². The zero-order valence-corrected chi connectivity index (χ0v) is 20.3. The average Bonchev–Trinajstić information content (AvgIpc) is 2.98. The maximum absolute atomic E-state index is 2.41. The lowest BCUT2D eigenvalue weighted by atomic mass is 9.91. The van der Waals surface area contributed by atoms with Gasteiger partial charge in [-0.05, 0) is 80.5 Å². The molecule has 0 amide bonds. The molecule has 0 aliphatic carbocycles. The molecule has 0 saturated heterocycles. The summed E-state index contributed by atoms with van der Waals surface area (Å²) < 4.78 is 0. The molecule has 0 nitrogen and oxygen atoms in total. The van der Waals surface area contributed by atoms with Crippen LogP contribution in [0.3, 0.4) is 0 Å². The van der Waals surface area contributed by atoms with Gasteiger partial charge in [-0.15, -0.1) is 29.1 Å². The van der Waals surface area contributed by atoms with Crippen LogP contribution in [0.2, 0.25) is 0 Å². The normalized spacial score (nSPS) is 11.6. The molecule has 0 spiro atoms. The molecule has 0 radical (unpaired) electrons. The molecule has 0 aliphatic rings. The highest BCUT2D eigenvalue weighted by Crippen LogP contribution is 2.40. The minimum atomic E-state index is 1.31. The maximum atomic E-state index is 2.41. The van der Waals surface area contributed by atoms with E-state index in [1.165, 1.54) is 82.7 Å². The molecule has 5 rings (SSSR count). The van der Waals surface area contributed by atoms with Crippen LogP contribution in [0.5, 0.6) is 0 Å². The fourth-order valence-electron chi connectivity index (χ4n) is 5.92. The molecule has 5 aromatic carbocycles.